The van der Waals surface area contributed by atoms with Gasteiger partial charge in [-0.15, -0.1) is 0 Å². The van der Waals surface area contributed by atoms with Gasteiger partial charge in [-0.25, -0.2) is 0 Å². The van der Waals surface area contributed by atoms with Gasteiger partial charge in [0.1, 0.15) is 0 Å². The van der Waals surface area contributed by atoms with E-state index < -0.39 is 0 Å². The average molecular weight is 261 g/mol. The SMILES string of the molecule is Cc1ccc(N)c(N(C)CCC2CCN(C)CC2)c1. The van der Waals surface area contributed by atoms with E-state index in [1.54, 1.807) is 0 Å². The van der Waals surface area contributed by atoms with Crippen molar-refractivity contribution in [2.75, 3.05) is 44.4 Å². The molecule has 0 spiro atoms. The van der Waals surface area contributed by atoms with E-state index in [0.29, 0.717) is 0 Å². The van der Waals surface area contributed by atoms with Crippen LogP contribution in [0.3, 0.4) is 0 Å². The Morgan fingerprint density at radius 1 is 1.32 bits per heavy atom. The first-order valence-electron chi connectivity index (χ1n) is 7.32. The normalized spacial score (nSPS) is 17.6. The number of likely N-dealkylation sites (tertiary alicyclic amines) is 1. The molecule has 1 heterocycles. The molecular formula is C16H27N3. The van der Waals surface area contributed by atoms with Gasteiger partial charge in [0.05, 0.1) is 11.4 Å². The van der Waals surface area contributed by atoms with Crippen LogP contribution in [0.15, 0.2) is 18.2 Å². The van der Waals surface area contributed by atoms with E-state index >= 15 is 0 Å². The fraction of sp³-hybridized carbons (Fsp3) is 0.625. The Labute approximate surface area is 117 Å². The van der Waals surface area contributed by atoms with Crippen molar-refractivity contribution >= 4 is 11.4 Å². The molecule has 1 aliphatic rings. The van der Waals surface area contributed by atoms with Crippen molar-refractivity contribution in [2.45, 2.75) is 26.2 Å². The van der Waals surface area contributed by atoms with Gasteiger partial charge in [0.25, 0.3) is 0 Å². The highest BCUT2D eigenvalue weighted by Crippen LogP contribution is 2.25. The van der Waals surface area contributed by atoms with Crippen LogP contribution in [0.5, 0.6) is 0 Å². The number of hydrogen-bond donors (Lipinski definition) is 1. The zero-order valence-electron chi connectivity index (χ0n) is 12.5. The Balaban J connectivity index is 1.87. The maximum atomic E-state index is 6.07. The fourth-order valence-corrected chi connectivity index (χ4v) is 2.83. The van der Waals surface area contributed by atoms with Gasteiger partial charge in [0, 0.05) is 13.6 Å². The van der Waals surface area contributed by atoms with Gasteiger partial charge < -0.3 is 15.5 Å². The lowest BCUT2D eigenvalue weighted by atomic mass is 9.93. The predicted molar refractivity (Wildman–Crippen MR) is 83.7 cm³/mol. The third-order valence-electron chi connectivity index (χ3n) is 4.31. The largest absolute Gasteiger partial charge is 0.397 e. The van der Waals surface area contributed by atoms with Crippen molar-refractivity contribution in [1.29, 1.82) is 0 Å². The minimum Gasteiger partial charge on any atom is -0.397 e. The summed E-state index contributed by atoms with van der Waals surface area (Å²) in [5.41, 5.74) is 9.40. The molecule has 0 bridgehead atoms. The number of piperidine rings is 1. The highest BCUT2D eigenvalue weighted by atomic mass is 15.1. The van der Waals surface area contributed by atoms with E-state index in [4.69, 9.17) is 5.73 Å². The van der Waals surface area contributed by atoms with Crippen LogP contribution in [0.1, 0.15) is 24.8 Å². The minimum absolute atomic E-state index is 0.879. The lowest BCUT2D eigenvalue weighted by Crippen LogP contribution is -2.32. The third kappa shape index (κ3) is 3.87. The quantitative estimate of drug-likeness (QED) is 0.846. The summed E-state index contributed by atoms with van der Waals surface area (Å²) in [6.45, 7) is 5.72. The molecule has 0 saturated carbocycles. The van der Waals surface area contributed by atoms with Gasteiger partial charge >= 0.3 is 0 Å². The first kappa shape index (κ1) is 14.2. The summed E-state index contributed by atoms with van der Waals surface area (Å²) in [5, 5.41) is 0. The standard InChI is InChI=1S/C16H27N3/c1-13-4-5-15(17)16(12-13)19(3)11-8-14-6-9-18(2)10-7-14/h4-5,12,14H,6-11,17H2,1-3H3. The lowest BCUT2D eigenvalue weighted by molar-refractivity contribution is 0.213. The third-order valence-corrected chi connectivity index (χ3v) is 4.31. The smallest absolute Gasteiger partial charge is 0.0599 e. The maximum absolute atomic E-state index is 6.07. The Kier molecular flexibility index (Phi) is 4.70. The number of nitrogens with two attached hydrogens (primary N) is 1. The van der Waals surface area contributed by atoms with Crippen LogP contribution < -0.4 is 10.6 Å². The second kappa shape index (κ2) is 6.29. The monoisotopic (exact) mass is 261 g/mol. The van der Waals surface area contributed by atoms with Gasteiger partial charge in [-0.3, -0.25) is 0 Å². The van der Waals surface area contributed by atoms with Crippen LogP contribution in [0.25, 0.3) is 0 Å². The van der Waals surface area contributed by atoms with Crippen molar-refractivity contribution in [3.63, 3.8) is 0 Å². The molecule has 2 N–H and O–H groups in total. The van der Waals surface area contributed by atoms with Crippen LogP contribution in [-0.2, 0) is 0 Å². The molecule has 1 aliphatic heterocycles. The summed E-state index contributed by atoms with van der Waals surface area (Å²) in [6.07, 6.45) is 3.96. The highest BCUT2D eigenvalue weighted by molar-refractivity contribution is 5.68. The molecule has 106 valence electrons. The van der Waals surface area contributed by atoms with Gasteiger partial charge in [0.2, 0.25) is 0 Å². The number of rotatable bonds is 4. The summed E-state index contributed by atoms with van der Waals surface area (Å²) >= 11 is 0. The number of nitrogens with zero attached hydrogens (tertiary/aromatic N) is 2. The average Bonchev–Trinajstić information content (AvgIpc) is 2.40. The van der Waals surface area contributed by atoms with E-state index in [2.05, 4.69) is 43.0 Å². The van der Waals surface area contributed by atoms with E-state index in [0.717, 1.165) is 18.2 Å². The Morgan fingerprint density at radius 3 is 2.68 bits per heavy atom. The Hall–Kier alpha value is -1.22. The van der Waals surface area contributed by atoms with Gasteiger partial charge in [-0.05, 0) is 69.9 Å². The molecule has 19 heavy (non-hydrogen) atoms. The molecule has 1 aromatic carbocycles. The van der Waals surface area contributed by atoms with Crippen molar-refractivity contribution in [3.05, 3.63) is 23.8 Å². The van der Waals surface area contributed by atoms with E-state index in [1.165, 1.54) is 43.6 Å². The van der Waals surface area contributed by atoms with E-state index in [9.17, 15) is 0 Å². The van der Waals surface area contributed by atoms with Crippen molar-refractivity contribution in [3.8, 4) is 0 Å². The predicted octanol–water partition coefficient (Wildman–Crippen LogP) is 2.75. The Morgan fingerprint density at radius 2 is 2.00 bits per heavy atom. The molecule has 1 aromatic rings. The summed E-state index contributed by atoms with van der Waals surface area (Å²) in [7, 11) is 4.37. The molecule has 0 unspecified atom stereocenters. The molecule has 1 saturated heterocycles. The molecule has 3 nitrogen and oxygen atoms in total. The molecular weight excluding hydrogens is 234 g/mol. The maximum Gasteiger partial charge on any atom is 0.0599 e. The van der Waals surface area contributed by atoms with Gasteiger partial charge in [-0.1, -0.05) is 6.07 Å². The molecule has 0 aromatic heterocycles. The number of anilines is 2. The summed E-state index contributed by atoms with van der Waals surface area (Å²) < 4.78 is 0. The fourth-order valence-electron chi connectivity index (χ4n) is 2.83. The Bertz CT molecular complexity index is 408. The zero-order chi connectivity index (χ0) is 13.8. The summed E-state index contributed by atoms with van der Waals surface area (Å²) in [4.78, 5) is 4.74. The molecule has 1 fully saturated rings. The van der Waals surface area contributed by atoms with Crippen LogP contribution in [-0.4, -0.2) is 38.6 Å². The lowest BCUT2D eigenvalue weighted by Gasteiger charge is -2.30. The zero-order valence-corrected chi connectivity index (χ0v) is 12.5. The van der Waals surface area contributed by atoms with Crippen LogP contribution >= 0.6 is 0 Å². The number of benzene rings is 1. The van der Waals surface area contributed by atoms with Crippen molar-refractivity contribution in [1.82, 2.24) is 4.90 Å². The topological polar surface area (TPSA) is 32.5 Å². The number of hydrogen-bond acceptors (Lipinski definition) is 3. The second-order valence-corrected chi connectivity index (χ2v) is 6.02. The first-order chi connectivity index (χ1) is 9.06. The molecule has 0 radical (unpaired) electrons. The molecule has 0 amide bonds. The van der Waals surface area contributed by atoms with Crippen molar-refractivity contribution in [2.24, 2.45) is 5.92 Å². The van der Waals surface area contributed by atoms with Crippen LogP contribution in [0.2, 0.25) is 0 Å². The highest BCUT2D eigenvalue weighted by Gasteiger charge is 2.17. The summed E-state index contributed by atoms with van der Waals surface area (Å²) in [6, 6.07) is 6.27. The molecule has 2 rings (SSSR count). The molecule has 0 aliphatic carbocycles. The van der Waals surface area contributed by atoms with Gasteiger partial charge in [-0.2, -0.15) is 0 Å². The molecule has 0 atom stereocenters. The number of nitrogen functional groups attached to an aromatic ring is 1. The van der Waals surface area contributed by atoms with Gasteiger partial charge in [0.15, 0.2) is 0 Å². The van der Waals surface area contributed by atoms with Crippen molar-refractivity contribution < 1.29 is 0 Å². The molecule has 3 heteroatoms. The van der Waals surface area contributed by atoms with E-state index in [-0.39, 0.29) is 0 Å². The first-order valence-corrected chi connectivity index (χ1v) is 7.32. The van der Waals surface area contributed by atoms with Crippen LogP contribution in [0, 0.1) is 12.8 Å². The minimum atomic E-state index is 0.879. The van der Waals surface area contributed by atoms with E-state index in [1.807, 2.05) is 6.07 Å². The van der Waals surface area contributed by atoms with Crippen LogP contribution in [0.4, 0.5) is 11.4 Å². The second-order valence-electron chi connectivity index (χ2n) is 6.02. The summed E-state index contributed by atoms with van der Waals surface area (Å²) in [5.74, 6) is 0.879. The number of aryl methyl sites for hydroxylation is 1.